The fourth-order valence-electron chi connectivity index (χ4n) is 2.94. The van der Waals surface area contributed by atoms with E-state index in [1.54, 1.807) is 6.20 Å². The lowest BCUT2D eigenvalue weighted by molar-refractivity contribution is 0.199. The first-order valence-electron chi connectivity index (χ1n) is 7.54. The van der Waals surface area contributed by atoms with Gasteiger partial charge in [0.25, 0.3) is 0 Å². The van der Waals surface area contributed by atoms with Gasteiger partial charge in [-0.15, -0.1) is 0 Å². The molecule has 1 aliphatic rings. The van der Waals surface area contributed by atoms with Crippen molar-refractivity contribution in [3.8, 4) is 0 Å². The predicted molar refractivity (Wildman–Crippen MR) is 80.7 cm³/mol. The first-order chi connectivity index (χ1) is 9.23. The fourth-order valence-corrected chi connectivity index (χ4v) is 2.94. The Morgan fingerprint density at radius 2 is 1.84 bits per heavy atom. The molecule has 1 N–H and O–H groups in total. The van der Waals surface area contributed by atoms with E-state index in [4.69, 9.17) is 0 Å². The lowest BCUT2D eigenvalue weighted by Crippen LogP contribution is -2.40. The molecule has 0 amide bonds. The van der Waals surface area contributed by atoms with Crippen molar-refractivity contribution in [2.45, 2.75) is 46.5 Å². The smallest absolute Gasteiger partial charge is 0.149 e. The van der Waals surface area contributed by atoms with Crippen LogP contribution in [0, 0.1) is 5.41 Å². The van der Waals surface area contributed by atoms with Crippen LogP contribution < -0.4 is 10.2 Å². The molecule has 1 saturated heterocycles. The normalized spacial score (nSPS) is 18.4. The van der Waals surface area contributed by atoms with Crippen molar-refractivity contribution in [1.82, 2.24) is 9.97 Å². The molecule has 1 aromatic rings. The molecule has 0 radical (unpaired) electrons. The Labute approximate surface area is 116 Å². The Morgan fingerprint density at radius 1 is 1.16 bits per heavy atom. The minimum atomic E-state index is 0.559. The van der Waals surface area contributed by atoms with Crippen LogP contribution in [-0.2, 0) is 0 Å². The number of anilines is 2. The highest BCUT2D eigenvalue weighted by Gasteiger charge is 2.31. The van der Waals surface area contributed by atoms with E-state index in [1.165, 1.54) is 25.7 Å². The van der Waals surface area contributed by atoms with Crippen molar-refractivity contribution >= 4 is 11.6 Å². The summed E-state index contributed by atoms with van der Waals surface area (Å²) in [4.78, 5) is 11.3. The number of aromatic nitrogens is 2. The van der Waals surface area contributed by atoms with Gasteiger partial charge < -0.3 is 10.2 Å². The van der Waals surface area contributed by atoms with Gasteiger partial charge in [-0.1, -0.05) is 26.7 Å². The van der Waals surface area contributed by atoms with E-state index in [2.05, 4.69) is 41.0 Å². The van der Waals surface area contributed by atoms with Gasteiger partial charge >= 0.3 is 0 Å². The lowest BCUT2D eigenvalue weighted by Gasteiger charge is -2.41. The minimum Gasteiger partial charge on any atom is -0.369 e. The van der Waals surface area contributed by atoms with Crippen LogP contribution in [0.1, 0.15) is 46.5 Å². The Morgan fingerprint density at radius 3 is 2.42 bits per heavy atom. The highest BCUT2D eigenvalue weighted by atomic mass is 15.2. The topological polar surface area (TPSA) is 41.1 Å². The molecule has 0 unspecified atom stereocenters. The van der Waals surface area contributed by atoms with Crippen molar-refractivity contribution in [2.75, 3.05) is 29.9 Å². The maximum absolute atomic E-state index is 4.64. The van der Waals surface area contributed by atoms with Gasteiger partial charge in [0.1, 0.15) is 11.6 Å². The first kappa shape index (κ1) is 14.1. The van der Waals surface area contributed by atoms with Crippen molar-refractivity contribution in [3.05, 3.63) is 12.4 Å². The van der Waals surface area contributed by atoms with Crippen LogP contribution in [-0.4, -0.2) is 29.6 Å². The fraction of sp³-hybridized carbons (Fsp3) is 0.733. The predicted octanol–water partition coefficient (Wildman–Crippen LogP) is 3.32. The average molecular weight is 262 g/mol. The van der Waals surface area contributed by atoms with Crippen LogP contribution in [0.4, 0.5) is 11.6 Å². The molecule has 1 aromatic heterocycles. The van der Waals surface area contributed by atoms with Gasteiger partial charge in [0, 0.05) is 19.6 Å². The van der Waals surface area contributed by atoms with Crippen molar-refractivity contribution in [1.29, 1.82) is 0 Å². The second-order valence-corrected chi connectivity index (χ2v) is 5.49. The summed E-state index contributed by atoms with van der Waals surface area (Å²) in [5, 5.41) is 3.23. The Kier molecular flexibility index (Phi) is 4.61. The number of hydrogen-bond acceptors (Lipinski definition) is 4. The number of nitrogens with zero attached hydrogens (tertiary/aromatic N) is 3. The molecule has 1 aliphatic heterocycles. The van der Waals surface area contributed by atoms with Crippen LogP contribution >= 0.6 is 0 Å². The average Bonchev–Trinajstić information content (AvgIpc) is 2.48. The van der Waals surface area contributed by atoms with Crippen molar-refractivity contribution < 1.29 is 0 Å². The molecule has 0 bridgehead atoms. The summed E-state index contributed by atoms with van der Waals surface area (Å²) in [6.45, 7) is 9.81. The quantitative estimate of drug-likeness (QED) is 0.884. The van der Waals surface area contributed by atoms with Gasteiger partial charge in [0.2, 0.25) is 0 Å². The van der Waals surface area contributed by atoms with Gasteiger partial charge in [-0.2, -0.15) is 0 Å². The zero-order chi connectivity index (χ0) is 13.7. The maximum atomic E-state index is 4.64. The molecule has 19 heavy (non-hydrogen) atoms. The molecule has 4 heteroatoms. The van der Waals surface area contributed by atoms with Gasteiger partial charge in [-0.05, 0) is 25.2 Å². The van der Waals surface area contributed by atoms with E-state index >= 15 is 0 Å². The lowest BCUT2D eigenvalue weighted by atomic mass is 9.74. The van der Waals surface area contributed by atoms with Crippen molar-refractivity contribution in [2.24, 2.45) is 5.41 Å². The summed E-state index contributed by atoms with van der Waals surface area (Å²) in [7, 11) is 0. The highest BCUT2D eigenvalue weighted by molar-refractivity contribution is 5.44. The number of nitrogens with one attached hydrogen (secondary N) is 1. The molecule has 4 nitrogen and oxygen atoms in total. The maximum Gasteiger partial charge on any atom is 0.149 e. The van der Waals surface area contributed by atoms with Crippen LogP contribution in [0.25, 0.3) is 0 Å². The van der Waals surface area contributed by atoms with E-state index in [-0.39, 0.29) is 0 Å². The van der Waals surface area contributed by atoms with Gasteiger partial charge in [0.15, 0.2) is 0 Å². The Balaban J connectivity index is 2.03. The largest absolute Gasteiger partial charge is 0.369 e. The van der Waals surface area contributed by atoms with E-state index < -0.39 is 0 Å². The monoisotopic (exact) mass is 262 g/mol. The zero-order valence-corrected chi connectivity index (χ0v) is 12.4. The summed E-state index contributed by atoms with van der Waals surface area (Å²) in [6, 6.07) is 0. The third-order valence-corrected chi connectivity index (χ3v) is 4.63. The summed E-state index contributed by atoms with van der Waals surface area (Å²) in [6.07, 6.45) is 8.80. The highest BCUT2D eigenvalue weighted by Crippen LogP contribution is 2.38. The molecule has 1 fully saturated rings. The Hall–Kier alpha value is -1.32. The molecule has 106 valence electrons. The summed E-state index contributed by atoms with van der Waals surface area (Å²) < 4.78 is 0. The molecule has 0 aliphatic carbocycles. The van der Waals surface area contributed by atoms with Gasteiger partial charge in [-0.3, -0.25) is 4.98 Å². The van der Waals surface area contributed by atoms with Gasteiger partial charge in [0.05, 0.1) is 12.4 Å². The van der Waals surface area contributed by atoms with Crippen LogP contribution in [0.15, 0.2) is 12.4 Å². The standard InChI is InChI=1S/C15H26N4/c1-4-15(5-2)7-9-19(10-8-15)14-12-16-11-13(18-14)17-6-3/h11-12H,4-10H2,1-3H3,(H,17,18). The van der Waals surface area contributed by atoms with Gasteiger partial charge in [-0.25, -0.2) is 4.98 Å². The molecule has 0 saturated carbocycles. The van der Waals surface area contributed by atoms with Crippen LogP contribution in [0.3, 0.4) is 0 Å². The summed E-state index contributed by atoms with van der Waals surface area (Å²) >= 11 is 0. The zero-order valence-electron chi connectivity index (χ0n) is 12.4. The Bertz CT molecular complexity index is 391. The second-order valence-electron chi connectivity index (χ2n) is 5.49. The number of rotatable bonds is 5. The number of hydrogen-bond donors (Lipinski definition) is 1. The van der Waals surface area contributed by atoms with E-state index in [0.29, 0.717) is 5.41 Å². The molecular formula is C15H26N4. The third kappa shape index (κ3) is 3.17. The molecule has 2 rings (SSSR count). The molecular weight excluding hydrogens is 236 g/mol. The third-order valence-electron chi connectivity index (χ3n) is 4.63. The molecule has 0 spiro atoms. The SMILES string of the molecule is CCNc1cncc(N2CCC(CC)(CC)CC2)n1. The first-order valence-corrected chi connectivity index (χ1v) is 7.54. The van der Waals surface area contributed by atoms with E-state index in [0.717, 1.165) is 31.3 Å². The van der Waals surface area contributed by atoms with Crippen molar-refractivity contribution in [3.63, 3.8) is 0 Å². The van der Waals surface area contributed by atoms with E-state index in [1.807, 2.05) is 6.20 Å². The minimum absolute atomic E-state index is 0.559. The summed E-state index contributed by atoms with van der Waals surface area (Å²) in [5.41, 5.74) is 0.559. The van der Waals surface area contributed by atoms with Crippen LogP contribution in [0.2, 0.25) is 0 Å². The molecule has 2 heterocycles. The second kappa shape index (κ2) is 6.22. The number of piperidine rings is 1. The van der Waals surface area contributed by atoms with E-state index in [9.17, 15) is 0 Å². The summed E-state index contributed by atoms with van der Waals surface area (Å²) in [5.74, 6) is 1.89. The van der Waals surface area contributed by atoms with Crippen LogP contribution in [0.5, 0.6) is 0 Å². The molecule has 0 aromatic carbocycles. The molecule has 0 atom stereocenters.